The van der Waals surface area contributed by atoms with E-state index in [-0.39, 0.29) is 30.1 Å². The van der Waals surface area contributed by atoms with Crippen molar-refractivity contribution in [2.45, 2.75) is 17.7 Å². The van der Waals surface area contributed by atoms with E-state index in [1.807, 2.05) is 6.07 Å². The van der Waals surface area contributed by atoms with Crippen LogP contribution in [0.2, 0.25) is 0 Å². The molecule has 0 bridgehead atoms. The number of sulfone groups is 1. The van der Waals surface area contributed by atoms with Crippen LogP contribution in [0.5, 0.6) is 0 Å². The van der Waals surface area contributed by atoms with Crippen molar-refractivity contribution in [2.24, 2.45) is 5.16 Å². The molecule has 1 heterocycles. The van der Waals surface area contributed by atoms with Gasteiger partial charge in [-0.1, -0.05) is 17.3 Å². The predicted octanol–water partition coefficient (Wildman–Crippen LogP) is 2.98. The third-order valence-electron chi connectivity index (χ3n) is 4.70. The highest BCUT2D eigenvalue weighted by atomic mass is 32.2. The van der Waals surface area contributed by atoms with Crippen LogP contribution in [-0.4, -0.2) is 47.1 Å². The largest absolute Gasteiger partial charge is 0.411 e. The van der Waals surface area contributed by atoms with Crippen molar-refractivity contribution in [2.75, 3.05) is 12.9 Å². The van der Waals surface area contributed by atoms with Gasteiger partial charge in [-0.25, -0.2) is 13.1 Å². The molecule has 0 aliphatic carbocycles. The molecule has 170 valence electrons. The standard InChI is InChI=1S/C21H19N5O6S/c1-33(30,31)18-10-6-16(7-11-18)21-13-20(19(24-27)3-2-12-32-26(28)29)23-25(21)17-8-4-15(14-22)5-9-17/h4-11,13,27H,2-3,12H2,1H3/b24-19-. The third kappa shape index (κ3) is 5.72. The Morgan fingerprint density at radius 2 is 1.91 bits per heavy atom. The summed E-state index contributed by atoms with van der Waals surface area (Å²) in [5.41, 5.74) is 2.84. The second-order valence-corrected chi connectivity index (χ2v) is 9.00. The summed E-state index contributed by atoms with van der Waals surface area (Å²) in [7, 11) is -3.37. The molecule has 3 aromatic rings. The van der Waals surface area contributed by atoms with E-state index in [0.717, 1.165) is 6.26 Å². The number of nitriles is 1. The Labute approximate surface area is 189 Å². The molecule has 0 aliphatic rings. The first-order valence-corrected chi connectivity index (χ1v) is 11.5. The highest BCUT2D eigenvalue weighted by Gasteiger charge is 2.17. The number of aromatic nitrogens is 2. The van der Waals surface area contributed by atoms with Gasteiger partial charge in [-0.3, -0.25) is 0 Å². The van der Waals surface area contributed by atoms with E-state index in [0.29, 0.717) is 28.2 Å². The van der Waals surface area contributed by atoms with Gasteiger partial charge in [0, 0.05) is 11.8 Å². The average Bonchev–Trinajstić information content (AvgIpc) is 3.23. The molecule has 0 radical (unpaired) electrons. The van der Waals surface area contributed by atoms with E-state index in [4.69, 9.17) is 5.26 Å². The van der Waals surface area contributed by atoms with Gasteiger partial charge in [0.2, 0.25) is 0 Å². The summed E-state index contributed by atoms with van der Waals surface area (Å²) >= 11 is 0. The fourth-order valence-corrected chi connectivity index (χ4v) is 3.71. The lowest BCUT2D eigenvalue weighted by Gasteiger charge is -2.08. The van der Waals surface area contributed by atoms with Crippen LogP contribution >= 0.6 is 0 Å². The van der Waals surface area contributed by atoms with Crippen LogP contribution < -0.4 is 0 Å². The van der Waals surface area contributed by atoms with Gasteiger partial charge >= 0.3 is 0 Å². The molecule has 1 aromatic heterocycles. The van der Waals surface area contributed by atoms with Crippen molar-refractivity contribution in [1.82, 2.24) is 9.78 Å². The lowest BCUT2D eigenvalue weighted by Crippen LogP contribution is -2.08. The van der Waals surface area contributed by atoms with Crippen molar-refractivity contribution in [3.8, 4) is 23.0 Å². The second-order valence-electron chi connectivity index (χ2n) is 6.99. The van der Waals surface area contributed by atoms with Crippen LogP contribution in [0.15, 0.2) is 64.6 Å². The zero-order chi connectivity index (χ0) is 24.0. The van der Waals surface area contributed by atoms with E-state index in [2.05, 4.69) is 15.1 Å². The topological polar surface area (TPSA) is 161 Å². The molecular weight excluding hydrogens is 450 g/mol. The Kier molecular flexibility index (Phi) is 7.04. The molecule has 0 saturated heterocycles. The van der Waals surface area contributed by atoms with Crippen molar-refractivity contribution in [1.29, 1.82) is 5.26 Å². The second kappa shape index (κ2) is 9.92. The fourth-order valence-electron chi connectivity index (χ4n) is 3.08. The molecule has 3 rings (SSSR count). The highest BCUT2D eigenvalue weighted by molar-refractivity contribution is 7.90. The summed E-state index contributed by atoms with van der Waals surface area (Å²) in [5.74, 6) is 0. The molecule has 0 fully saturated rings. The number of oxime groups is 1. The van der Waals surface area contributed by atoms with Gasteiger partial charge in [-0.05, 0) is 55.3 Å². The molecule has 0 saturated carbocycles. The van der Waals surface area contributed by atoms with Crippen LogP contribution in [0.3, 0.4) is 0 Å². The molecule has 11 nitrogen and oxygen atoms in total. The lowest BCUT2D eigenvalue weighted by atomic mass is 10.1. The summed E-state index contributed by atoms with van der Waals surface area (Å²) in [6, 6.07) is 16.6. The number of benzene rings is 2. The Balaban J connectivity index is 2.02. The minimum Gasteiger partial charge on any atom is -0.411 e. The molecule has 0 atom stereocenters. The van der Waals surface area contributed by atoms with Gasteiger partial charge in [0.05, 0.1) is 34.5 Å². The number of hydrogen-bond acceptors (Lipinski definition) is 9. The van der Waals surface area contributed by atoms with E-state index in [1.54, 1.807) is 47.1 Å². The molecule has 2 aromatic carbocycles. The molecule has 0 amide bonds. The number of hydrogen-bond donors (Lipinski definition) is 1. The van der Waals surface area contributed by atoms with Crippen molar-refractivity contribution < 1.29 is 23.5 Å². The Morgan fingerprint density at radius 1 is 1.24 bits per heavy atom. The van der Waals surface area contributed by atoms with Gasteiger partial charge < -0.3 is 10.0 Å². The zero-order valence-corrected chi connectivity index (χ0v) is 18.3. The molecule has 0 spiro atoms. The summed E-state index contributed by atoms with van der Waals surface area (Å²) in [4.78, 5) is 14.8. The first-order chi connectivity index (χ1) is 15.7. The first kappa shape index (κ1) is 23.4. The SMILES string of the molecule is CS(=O)(=O)c1ccc(-c2cc(/C(CCCO[N+](=O)[O-])=N\O)nn2-c2ccc(C#N)cc2)cc1. The molecule has 1 N–H and O–H groups in total. The van der Waals surface area contributed by atoms with Gasteiger partial charge in [0.1, 0.15) is 11.4 Å². The van der Waals surface area contributed by atoms with E-state index < -0.39 is 14.9 Å². The molecule has 33 heavy (non-hydrogen) atoms. The van der Waals surface area contributed by atoms with E-state index >= 15 is 0 Å². The zero-order valence-electron chi connectivity index (χ0n) is 17.5. The van der Waals surface area contributed by atoms with Gasteiger partial charge in [-0.15, -0.1) is 10.1 Å². The van der Waals surface area contributed by atoms with Crippen LogP contribution in [-0.2, 0) is 14.7 Å². The minimum absolute atomic E-state index is 0.165. The van der Waals surface area contributed by atoms with Gasteiger partial charge in [0.15, 0.2) is 9.84 Å². The third-order valence-corrected chi connectivity index (χ3v) is 5.83. The van der Waals surface area contributed by atoms with Crippen LogP contribution in [0.1, 0.15) is 24.1 Å². The average molecular weight is 469 g/mol. The molecule has 0 aliphatic heterocycles. The maximum Gasteiger partial charge on any atom is 0.294 e. The Morgan fingerprint density at radius 3 is 2.45 bits per heavy atom. The van der Waals surface area contributed by atoms with Crippen LogP contribution in [0.4, 0.5) is 0 Å². The van der Waals surface area contributed by atoms with Crippen LogP contribution in [0.25, 0.3) is 16.9 Å². The molecule has 12 heteroatoms. The van der Waals surface area contributed by atoms with E-state index in [9.17, 15) is 23.7 Å². The quantitative estimate of drug-likeness (QED) is 0.164. The summed E-state index contributed by atoms with van der Waals surface area (Å²) in [6.07, 6.45) is 1.51. The van der Waals surface area contributed by atoms with E-state index in [1.165, 1.54) is 12.1 Å². The Bertz CT molecular complexity index is 1320. The van der Waals surface area contributed by atoms with Crippen molar-refractivity contribution in [3.05, 3.63) is 76.0 Å². The summed E-state index contributed by atoms with van der Waals surface area (Å²) in [5, 5.41) is 35.8. The maximum atomic E-state index is 11.8. The summed E-state index contributed by atoms with van der Waals surface area (Å²) in [6.45, 7) is -0.165. The molecular formula is C21H19N5O6S. The first-order valence-electron chi connectivity index (χ1n) is 9.62. The highest BCUT2D eigenvalue weighted by Crippen LogP contribution is 2.26. The van der Waals surface area contributed by atoms with Gasteiger partial charge in [-0.2, -0.15) is 10.4 Å². The van der Waals surface area contributed by atoms with Crippen molar-refractivity contribution in [3.63, 3.8) is 0 Å². The lowest BCUT2D eigenvalue weighted by molar-refractivity contribution is -0.757. The summed E-state index contributed by atoms with van der Waals surface area (Å²) < 4.78 is 25.2. The smallest absolute Gasteiger partial charge is 0.294 e. The van der Waals surface area contributed by atoms with Gasteiger partial charge in [0.25, 0.3) is 5.09 Å². The Hall–Kier alpha value is -4.24. The predicted molar refractivity (Wildman–Crippen MR) is 117 cm³/mol. The number of nitrogens with zero attached hydrogens (tertiary/aromatic N) is 5. The minimum atomic E-state index is -3.37. The fraction of sp³-hybridized carbons (Fsp3) is 0.190. The molecule has 0 unspecified atom stereocenters. The van der Waals surface area contributed by atoms with Crippen molar-refractivity contribution >= 4 is 15.5 Å². The number of rotatable bonds is 9. The van der Waals surface area contributed by atoms with Crippen LogP contribution in [0, 0.1) is 21.4 Å². The monoisotopic (exact) mass is 469 g/mol. The maximum absolute atomic E-state index is 11.8. The normalized spacial score (nSPS) is 11.7.